The maximum absolute atomic E-state index is 10.4. The van der Waals surface area contributed by atoms with Crippen LogP contribution in [0.15, 0.2) is 42.5 Å². The van der Waals surface area contributed by atoms with Crippen LogP contribution in [0, 0.1) is 5.92 Å². The van der Waals surface area contributed by atoms with Gasteiger partial charge in [-0.05, 0) is 68.4 Å². The summed E-state index contributed by atoms with van der Waals surface area (Å²) >= 11 is 0. The van der Waals surface area contributed by atoms with Crippen LogP contribution >= 0.6 is 0 Å². The van der Waals surface area contributed by atoms with Gasteiger partial charge in [-0.2, -0.15) is 0 Å². The van der Waals surface area contributed by atoms with E-state index in [1.165, 1.54) is 18.1 Å². The number of phenols is 2. The number of fused-ring (bicyclic) bond motifs is 1. The lowest BCUT2D eigenvalue weighted by atomic mass is 9.83. The topological polar surface area (TPSA) is 79.0 Å². The molecule has 0 bridgehead atoms. The lowest BCUT2D eigenvalue weighted by Crippen LogP contribution is -2.42. The molecule has 2 aliphatic rings. The fraction of sp³-hybridized carbons (Fsp3) is 0.500. The van der Waals surface area contributed by atoms with Crippen LogP contribution in [0.1, 0.15) is 42.1 Å². The summed E-state index contributed by atoms with van der Waals surface area (Å²) in [6.45, 7) is 3.69. The number of hydrogen-bond donors (Lipinski definition) is 3. The molecule has 2 aromatic rings. The molecule has 5 heteroatoms. The van der Waals surface area contributed by atoms with E-state index in [0.717, 1.165) is 50.0 Å². The third-order valence-corrected chi connectivity index (χ3v) is 6.54. The molecule has 0 aromatic heterocycles. The normalized spacial score (nSPS) is 23.1. The highest BCUT2D eigenvalue weighted by Crippen LogP contribution is 2.42. The zero-order valence-corrected chi connectivity index (χ0v) is 17.0. The SMILES string of the molecule is NC[C@@H]1O[C@H](C2CCN(CCCc3ccccc3)CC2)Cc2c1ccc(O)c2O. The van der Waals surface area contributed by atoms with Gasteiger partial charge in [-0.3, -0.25) is 0 Å². The molecule has 0 unspecified atom stereocenters. The van der Waals surface area contributed by atoms with Gasteiger partial charge < -0.3 is 25.6 Å². The van der Waals surface area contributed by atoms with Gasteiger partial charge in [0.25, 0.3) is 0 Å². The minimum Gasteiger partial charge on any atom is -0.504 e. The van der Waals surface area contributed by atoms with Gasteiger partial charge >= 0.3 is 0 Å². The first-order valence-electron chi connectivity index (χ1n) is 10.8. The predicted molar refractivity (Wildman–Crippen MR) is 114 cm³/mol. The maximum Gasteiger partial charge on any atom is 0.161 e. The molecule has 4 rings (SSSR count). The predicted octanol–water partition coefficient (Wildman–Crippen LogP) is 3.38. The van der Waals surface area contributed by atoms with E-state index in [1.807, 2.05) is 6.07 Å². The molecular formula is C24H32N2O3. The fourth-order valence-electron chi connectivity index (χ4n) is 4.85. The van der Waals surface area contributed by atoms with Gasteiger partial charge in [0.1, 0.15) is 0 Å². The van der Waals surface area contributed by atoms with Crippen LogP contribution in [0.4, 0.5) is 0 Å². The largest absolute Gasteiger partial charge is 0.504 e. The Labute approximate surface area is 173 Å². The summed E-state index contributed by atoms with van der Waals surface area (Å²) in [5.41, 5.74) is 9.08. The van der Waals surface area contributed by atoms with Gasteiger partial charge in [0.05, 0.1) is 12.2 Å². The van der Waals surface area contributed by atoms with E-state index in [4.69, 9.17) is 10.5 Å². The highest BCUT2D eigenvalue weighted by Gasteiger charge is 2.35. The molecule has 1 fully saturated rings. The second kappa shape index (κ2) is 9.16. The van der Waals surface area contributed by atoms with Gasteiger partial charge in [-0.15, -0.1) is 0 Å². The number of rotatable bonds is 6. The number of aromatic hydroxyl groups is 2. The van der Waals surface area contributed by atoms with Gasteiger partial charge in [-0.1, -0.05) is 36.4 Å². The molecule has 1 saturated heterocycles. The quantitative estimate of drug-likeness (QED) is 0.653. The zero-order valence-electron chi connectivity index (χ0n) is 17.0. The van der Waals surface area contributed by atoms with Crippen molar-refractivity contribution in [2.45, 2.75) is 44.3 Å². The first-order valence-corrected chi connectivity index (χ1v) is 10.8. The molecule has 0 radical (unpaired) electrons. The van der Waals surface area contributed by atoms with Crippen molar-refractivity contribution in [3.8, 4) is 11.5 Å². The Morgan fingerprint density at radius 1 is 1.03 bits per heavy atom. The average Bonchev–Trinajstić information content (AvgIpc) is 2.77. The number of likely N-dealkylation sites (tertiary alicyclic amines) is 1. The third-order valence-electron chi connectivity index (χ3n) is 6.54. The van der Waals surface area contributed by atoms with Gasteiger partial charge in [0, 0.05) is 18.5 Å². The fourth-order valence-corrected chi connectivity index (χ4v) is 4.85. The maximum atomic E-state index is 10.4. The van der Waals surface area contributed by atoms with Crippen LogP contribution in [0.3, 0.4) is 0 Å². The van der Waals surface area contributed by atoms with Gasteiger partial charge in [-0.25, -0.2) is 0 Å². The number of hydrogen-bond acceptors (Lipinski definition) is 5. The molecule has 2 heterocycles. The molecule has 2 aliphatic heterocycles. The summed E-state index contributed by atoms with van der Waals surface area (Å²) in [6, 6.07) is 14.0. The van der Waals surface area contributed by atoms with Crippen molar-refractivity contribution in [1.29, 1.82) is 0 Å². The average molecular weight is 397 g/mol. The molecule has 2 aromatic carbocycles. The summed E-state index contributed by atoms with van der Waals surface area (Å²) in [5, 5.41) is 20.3. The van der Waals surface area contributed by atoms with Crippen LogP contribution in [0.5, 0.6) is 11.5 Å². The number of ether oxygens (including phenoxy) is 1. The number of benzene rings is 2. The van der Waals surface area contributed by atoms with E-state index in [0.29, 0.717) is 18.9 Å². The molecule has 29 heavy (non-hydrogen) atoms. The number of piperidine rings is 1. The van der Waals surface area contributed by atoms with Crippen LogP contribution < -0.4 is 5.73 Å². The van der Waals surface area contributed by atoms with E-state index >= 15 is 0 Å². The Hall–Kier alpha value is -2.08. The summed E-state index contributed by atoms with van der Waals surface area (Å²) in [6.07, 6.45) is 5.00. The molecule has 156 valence electrons. The van der Waals surface area contributed by atoms with Crippen molar-refractivity contribution in [2.24, 2.45) is 11.7 Å². The van der Waals surface area contributed by atoms with Crippen LogP contribution in [-0.4, -0.2) is 47.4 Å². The van der Waals surface area contributed by atoms with Crippen LogP contribution in [0.2, 0.25) is 0 Å². The number of aryl methyl sites for hydroxylation is 1. The van der Waals surface area contributed by atoms with Crippen molar-refractivity contribution in [3.63, 3.8) is 0 Å². The summed E-state index contributed by atoms with van der Waals surface area (Å²) in [7, 11) is 0. The van der Waals surface area contributed by atoms with E-state index in [2.05, 4.69) is 35.2 Å². The Morgan fingerprint density at radius 3 is 2.52 bits per heavy atom. The first kappa shape index (κ1) is 20.2. The Morgan fingerprint density at radius 2 is 1.79 bits per heavy atom. The molecule has 0 amide bonds. The zero-order chi connectivity index (χ0) is 20.2. The van der Waals surface area contributed by atoms with Crippen LogP contribution in [-0.2, 0) is 17.6 Å². The minimum absolute atomic E-state index is 0.00685. The summed E-state index contributed by atoms with van der Waals surface area (Å²) in [5.74, 6) is 0.394. The second-order valence-electron chi connectivity index (χ2n) is 8.37. The lowest BCUT2D eigenvalue weighted by Gasteiger charge is -2.40. The second-order valence-corrected chi connectivity index (χ2v) is 8.37. The van der Waals surface area contributed by atoms with Crippen molar-refractivity contribution < 1.29 is 14.9 Å². The lowest BCUT2D eigenvalue weighted by molar-refractivity contribution is -0.0647. The van der Waals surface area contributed by atoms with E-state index in [9.17, 15) is 10.2 Å². The first-order chi connectivity index (χ1) is 14.2. The molecule has 5 nitrogen and oxygen atoms in total. The van der Waals surface area contributed by atoms with Gasteiger partial charge in [0.15, 0.2) is 11.5 Å². The number of phenolic OH excluding ortho intramolecular Hbond substituents is 2. The van der Waals surface area contributed by atoms with Crippen molar-refractivity contribution in [2.75, 3.05) is 26.2 Å². The molecule has 4 N–H and O–H groups in total. The summed E-state index contributed by atoms with van der Waals surface area (Å²) in [4.78, 5) is 2.56. The highest BCUT2D eigenvalue weighted by molar-refractivity contribution is 5.51. The van der Waals surface area contributed by atoms with Crippen molar-refractivity contribution >= 4 is 0 Å². The Bertz CT molecular complexity index is 803. The molecular weight excluding hydrogens is 364 g/mol. The number of nitrogens with zero attached hydrogens (tertiary/aromatic N) is 1. The van der Waals surface area contributed by atoms with Crippen molar-refractivity contribution in [1.82, 2.24) is 4.90 Å². The Balaban J connectivity index is 1.31. The van der Waals surface area contributed by atoms with Gasteiger partial charge in [0.2, 0.25) is 0 Å². The minimum atomic E-state index is -0.209. The van der Waals surface area contributed by atoms with Crippen LogP contribution in [0.25, 0.3) is 0 Å². The highest BCUT2D eigenvalue weighted by atomic mass is 16.5. The third kappa shape index (κ3) is 4.58. The standard InChI is InChI=1S/C24H32N2O3/c25-16-23-19-8-9-21(27)24(28)20(19)15-22(29-23)18-10-13-26(14-11-18)12-4-7-17-5-2-1-3-6-17/h1-3,5-6,8-9,18,22-23,27-28H,4,7,10-16,25H2/t22-,23-/m0/s1. The van der Waals surface area contributed by atoms with E-state index in [-0.39, 0.29) is 23.7 Å². The smallest absolute Gasteiger partial charge is 0.161 e. The van der Waals surface area contributed by atoms with E-state index in [1.54, 1.807) is 0 Å². The number of nitrogens with two attached hydrogens (primary N) is 1. The monoisotopic (exact) mass is 396 g/mol. The molecule has 0 aliphatic carbocycles. The Kier molecular flexibility index (Phi) is 6.38. The summed E-state index contributed by atoms with van der Waals surface area (Å²) < 4.78 is 6.33. The molecule has 2 atom stereocenters. The van der Waals surface area contributed by atoms with Crippen molar-refractivity contribution in [3.05, 3.63) is 59.2 Å². The molecule has 0 saturated carbocycles. The van der Waals surface area contributed by atoms with E-state index < -0.39 is 0 Å². The molecule has 0 spiro atoms.